The third-order valence-corrected chi connectivity index (χ3v) is 5.09. The van der Waals surface area contributed by atoms with Gasteiger partial charge in [-0.3, -0.25) is 4.79 Å². The van der Waals surface area contributed by atoms with Crippen LogP contribution in [0.15, 0.2) is 23.1 Å². The highest BCUT2D eigenvalue weighted by atomic mass is 32.2. The zero-order valence-corrected chi connectivity index (χ0v) is 12.2. The molecule has 1 aromatic rings. The molecule has 0 saturated heterocycles. The Balaban J connectivity index is 3.26. The molecule has 1 rings (SSSR count). The van der Waals surface area contributed by atoms with Gasteiger partial charge in [0, 0.05) is 14.1 Å². The van der Waals surface area contributed by atoms with Crippen molar-refractivity contribution in [1.29, 1.82) is 0 Å². The Kier molecular flexibility index (Phi) is 4.16. The fourth-order valence-electron chi connectivity index (χ4n) is 1.81. The van der Waals surface area contributed by atoms with Crippen molar-refractivity contribution in [3.05, 3.63) is 29.3 Å². The summed E-state index contributed by atoms with van der Waals surface area (Å²) in [6, 6.07) is 5.12. The molecule has 0 spiro atoms. The van der Waals surface area contributed by atoms with Crippen LogP contribution in [0, 0.1) is 13.8 Å². The third-order valence-electron chi connectivity index (χ3n) is 2.89. The van der Waals surface area contributed by atoms with E-state index >= 15 is 0 Å². The maximum Gasteiger partial charge on any atom is 0.240 e. The fourth-order valence-corrected chi connectivity index (χ4v) is 3.43. The van der Waals surface area contributed by atoms with Crippen molar-refractivity contribution in [2.75, 3.05) is 14.1 Å². The number of nitrogens with zero attached hydrogens (tertiary/aromatic N) is 1. The number of benzene rings is 1. The summed E-state index contributed by atoms with van der Waals surface area (Å²) in [7, 11) is -0.518. The number of sulfone groups is 1. The van der Waals surface area contributed by atoms with E-state index in [-0.39, 0.29) is 4.90 Å². The number of amides is 1. The predicted molar refractivity (Wildman–Crippen MR) is 71.3 cm³/mol. The second-order valence-corrected chi connectivity index (χ2v) is 6.93. The van der Waals surface area contributed by atoms with Crippen molar-refractivity contribution < 1.29 is 13.2 Å². The van der Waals surface area contributed by atoms with E-state index < -0.39 is 21.0 Å². The molecule has 0 aromatic heterocycles. The van der Waals surface area contributed by atoms with Gasteiger partial charge in [0.25, 0.3) is 0 Å². The minimum Gasteiger partial charge on any atom is -0.348 e. The summed E-state index contributed by atoms with van der Waals surface area (Å²) in [5.41, 5.74) is 1.67. The summed E-state index contributed by atoms with van der Waals surface area (Å²) in [5.74, 6) is -0.407. The molecule has 1 atom stereocenters. The van der Waals surface area contributed by atoms with Crippen LogP contribution in [-0.2, 0) is 14.6 Å². The van der Waals surface area contributed by atoms with Gasteiger partial charge in [-0.25, -0.2) is 8.42 Å². The first-order valence-corrected chi connectivity index (χ1v) is 7.25. The van der Waals surface area contributed by atoms with Crippen LogP contribution in [0.4, 0.5) is 0 Å². The first-order chi connectivity index (χ1) is 8.17. The van der Waals surface area contributed by atoms with Crippen LogP contribution in [0.5, 0.6) is 0 Å². The molecule has 100 valence electrons. The molecule has 4 nitrogen and oxygen atoms in total. The van der Waals surface area contributed by atoms with E-state index in [1.807, 2.05) is 6.92 Å². The number of hydrogen-bond acceptors (Lipinski definition) is 3. The largest absolute Gasteiger partial charge is 0.348 e. The Labute approximate surface area is 109 Å². The summed E-state index contributed by atoms with van der Waals surface area (Å²) in [4.78, 5) is 13.3. The van der Waals surface area contributed by atoms with Gasteiger partial charge in [0.1, 0.15) is 5.25 Å². The van der Waals surface area contributed by atoms with Crippen molar-refractivity contribution in [2.24, 2.45) is 0 Å². The standard InChI is InChI=1S/C13H19NO3S/c1-9-6-7-12(10(2)8-9)18(16,17)11(3)13(15)14(4)5/h6-8,11H,1-5H3. The monoisotopic (exact) mass is 269 g/mol. The summed E-state index contributed by atoms with van der Waals surface area (Å²) in [6.07, 6.45) is 0. The average molecular weight is 269 g/mol. The van der Waals surface area contributed by atoms with Gasteiger partial charge in [-0.05, 0) is 32.4 Å². The van der Waals surface area contributed by atoms with Crippen LogP contribution in [0.3, 0.4) is 0 Å². The van der Waals surface area contributed by atoms with Crippen molar-refractivity contribution in [2.45, 2.75) is 30.9 Å². The Bertz CT molecular complexity index is 562. The highest BCUT2D eigenvalue weighted by Gasteiger charge is 2.31. The molecule has 0 N–H and O–H groups in total. The molecule has 0 aliphatic heterocycles. The molecule has 1 amide bonds. The minimum atomic E-state index is -3.62. The molecule has 0 fully saturated rings. The SMILES string of the molecule is Cc1ccc(S(=O)(=O)C(C)C(=O)N(C)C)c(C)c1. The lowest BCUT2D eigenvalue weighted by Gasteiger charge is -2.18. The molecule has 5 heteroatoms. The smallest absolute Gasteiger partial charge is 0.240 e. The highest BCUT2D eigenvalue weighted by Crippen LogP contribution is 2.22. The Hall–Kier alpha value is -1.36. The van der Waals surface area contributed by atoms with Crippen molar-refractivity contribution in [3.63, 3.8) is 0 Å². The van der Waals surface area contributed by atoms with E-state index in [9.17, 15) is 13.2 Å². The zero-order chi connectivity index (χ0) is 14.1. The van der Waals surface area contributed by atoms with E-state index in [4.69, 9.17) is 0 Å². The number of aryl methyl sites for hydroxylation is 2. The van der Waals surface area contributed by atoms with Gasteiger partial charge in [-0.15, -0.1) is 0 Å². The summed E-state index contributed by atoms with van der Waals surface area (Å²) in [5, 5.41) is -1.06. The first-order valence-electron chi connectivity index (χ1n) is 5.70. The fraction of sp³-hybridized carbons (Fsp3) is 0.462. The van der Waals surface area contributed by atoms with Crippen molar-refractivity contribution in [1.82, 2.24) is 4.90 Å². The van der Waals surface area contributed by atoms with E-state index in [0.717, 1.165) is 5.56 Å². The molecule has 18 heavy (non-hydrogen) atoms. The van der Waals surface area contributed by atoms with Gasteiger partial charge in [0.15, 0.2) is 9.84 Å². The van der Waals surface area contributed by atoms with E-state index in [1.54, 1.807) is 39.2 Å². The second-order valence-electron chi connectivity index (χ2n) is 4.69. The van der Waals surface area contributed by atoms with Crippen LogP contribution in [0.2, 0.25) is 0 Å². The van der Waals surface area contributed by atoms with Gasteiger partial charge in [-0.2, -0.15) is 0 Å². The molecular weight excluding hydrogens is 250 g/mol. The quantitative estimate of drug-likeness (QED) is 0.836. The van der Waals surface area contributed by atoms with E-state index in [1.165, 1.54) is 11.8 Å². The van der Waals surface area contributed by atoms with Crippen molar-refractivity contribution in [3.8, 4) is 0 Å². The average Bonchev–Trinajstić information content (AvgIpc) is 2.26. The number of rotatable bonds is 3. The molecule has 0 saturated carbocycles. The molecule has 1 unspecified atom stereocenters. The predicted octanol–water partition coefficient (Wildman–Crippen LogP) is 1.55. The topological polar surface area (TPSA) is 54.5 Å². The molecule has 0 radical (unpaired) electrons. The number of hydrogen-bond donors (Lipinski definition) is 0. The van der Waals surface area contributed by atoms with Crippen LogP contribution in [-0.4, -0.2) is 38.6 Å². The zero-order valence-electron chi connectivity index (χ0n) is 11.4. The number of carbonyl (C=O) groups is 1. The summed E-state index contributed by atoms with van der Waals surface area (Å²) >= 11 is 0. The van der Waals surface area contributed by atoms with Gasteiger partial charge < -0.3 is 4.90 Å². The summed E-state index contributed by atoms with van der Waals surface area (Å²) in [6.45, 7) is 5.07. The van der Waals surface area contributed by atoms with Crippen molar-refractivity contribution >= 4 is 15.7 Å². The van der Waals surface area contributed by atoms with E-state index in [2.05, 4.69) is 0 Å². The van der Waals surface area contributed by atoms with Gasteiger partial charge >= 0.3 is 0 Å². The van der Waals surface area contributed by atoms with Crippen LogP contribution in [0.25, 0.3) is 0 Å². The first kappa shape index (κ1) is 14.7. The lowest BCUT2D eigenvalue weighted by molar-refractivity contribution is -0.127. The summed E-state index contributed by atoms with van der Waals surface area (Å²) < 4.78 is 24.7. The Morgan fingerprint density at radius 1 is 1.22 bits per heavy atom. The van der Waals surface area contributed by atoms with Crippen LogP contribution < -0.4 is 0 Å². The van der Waals surface area contributed by atoms with Crippen LogP contribution >= 0.6 is 0 Å². The normalized spacial score (nSPS) is 13.2. The Morgan fingerprint density at radius 2 is 1.78 bits per heavy atom. The highest BCUT2D eigenvalue weighted by molar-refractivity contribution is 7.92. The molecule has 0 aliphatic rings. The van der Waals surface area contributed by atoms with Gasteiger partial charge in [0.05, 0.1) is 4.90 Å². The number of carbonyl (C=O) groups excluding carboxylic acids is 1. The molecule has 1 aromatic carbocycles. The lowest BCUT2D eigenvalue weighted by atomic mass is 10.2. The van der Waals surface area contributed by atoms with Gasteiger partial charge in [-0.1, -0.05) is 17.7 Å². The second kappa shape index (κ2) is 5.10. The minimum absolute atomic E-state index is 0.232. The maximum absolute atomic E-state index is 12.4. The Morgan fingerprint density at radius 3 is 2.22 bits per heavy atom. The van der Waals surface area contributed by atoms with E-state index in [0.29, 0.717) is 5.56 Å². The molecular formula is C13H19NO3S. The molecule has 0 bridgehead atoms. The van der Waals surface area contributed by atoms with Gasteiger partial charge in [0.2, 0.25) is 5.91 Å². The maximum atomic E-state index is 12.4. The van der Waals surface area contributed by atoms with Crippen LogP contribution in [0.1, 0.15) is 18.1 Å². The lowest BCUT2D eigenvalue weighted by Crippen LogP contribution is -2.37. The molecule has 0 heterocycles. The molecule has 0 aliphatic carbocycles. The third kappa shape index (κ3) is 2.72.